The fourth-order valence-electron chi connectivity index (χ4n) is 1.09. The van der Waals surface area contributed by atoms with Crippen LogP contribution in [0.2, 0.25) is 0 Å². The number of aromatic nitrogens is 1. The summed E-state index contributed by atoms with van der Waals surface area (Å²) in [6.07, 6.45) is 1.83. The van der Waals surface area contributed by atoms with Gasteiger partial charge in [0.15, 0.2) is 6.19 Å². The van der Waals surface area contributed by atoms with Crippen molar-refractivity contribution in [3.8, 4) is 6.19 Å². The molecule has 7 heteroatoms. The molecule has 0 fully saturated rings. The summed E-state index contributed by atoms with van der Waals surface area (Å²) < 4.78 is 0. The number of nitriles is 1. The number of thioether (sulfide) groups is 1. The molecular formula is C10H15N5S2. The lowest BCUT2D eigenvalue weighted by atomic mass is 10.4. The molecule has 5 nitrogen and oxygen atoms in total. The van der Waals surface area contributed by atoms with Gasteiger partial charge in [-0.25, -0.2) is 4.98 Å². The van der Waals surface area contributed by atoms with Crippen LogP contribution in [-0.2, 0) is 5.75 Å². The summed E-state index contributed by atoms with van der Waals surface area (Å²) in [7, 11) is 1.73. The van der Waals surface area contributed by atoms with Crippen molar-refractivity contribution in [3.63, 3.8) is 0 Å². The summed E-state index contributed by atoms with van der Waals surface area (Å²) in [5.74, 6) is 2.42. The molecule has 17 heavy (non-hydrogen) atoms. The summed E-state index contributed by atoms with van der Waals surface area (Å²) in [6, 6.07) is 0. The van der Waals surface area contributed by atoms with E-state index in [0.717, 1.165) is 17.2 Å². The Bertz CT molecular complexity index is 407. The van der Waals surface area contributed by atoms with E-state index in [0.29, 0.717) is 12.5 Å². The second-order valence-electron chi connectivity index (χ2n) is 3.13. The number of nitrogens with zero attached hydrogens (tertiary/aromatic N) is 3. The largest absolute Gasteiger partial charge is 0.359 e. The number of guanidine groups is 1. The fraction of sp³-hybridized carbons (Fsp3) is 0.500. The second-order valence-corrected chi connectivity index (χ2v) is 5.18. The van der Waals surface area contributed by atoms with Crippen LogP contribution in [0, 0.1) is 18.4 Å². The highest BCUT2D eigenvalue weighted by Crippen LogP contribution is 2.19. The fourth-order valence-corrected chi connectivity index (χ4v) is 2.93. The van der Waals surface area contributed by atoms with Gasteiger partial charge in [0.2, 0.25) is 5.96 Å². The van der Waals surface area contributed by atoms with E-state index < -0.39 is 0 Å². The van der Waals surface area contributed by atoms with Gasteiger partial charge >= 0.3 is 0 Å². The number of rotatable bonds is 5. The molecule has 1 rings (SSSR count). The average molecular weight is 269 g/mol. The van der Waals surface area contributed by atoms with Gasteiger partial charge in [-0.3, -0.25) is 10.3 Å². The van der Waals surface area contributed by atoms with E-state index in [4.69, 9.17) is 5.26 Å². The van der Waals surface area contributed by atoms with Crippen LogP contribution in [0.25, 0.3) is 0 Å². The molecule has 0 bridgehead atoms. The summed E-state index contributed by atoms with van der Waals surface area (Å²) in [5, 5.41) is 13.7. The van der Waals surface area contributed by atoms with Crippen molar-refractivity contribution in [3.05, 3.63) is 16.1 Å². The minimum atomic E-state index is 0.516. The number of thiazole rings is 1. The van der Waals surface area contributed by atoms with E-state index in [1.807, 2.05) is 30.4 Å². The molecule has 0 spiro atoms. The van der Waals surface area contributed by atoms with E-state index >= 15 is 0 Å². The molecule has 0 saturated heterocycles. The predicted octanol–water partition coefficient (Wildman–Crippen LogP) is 1.33. The highest BCUT2D eigenvalue weighted by molar-refractivity contribution is 7.98. The van der Waals surface area contributed by atoms with Gasteiger partial charge in [0.05, 0.1) is 17.7 Å². The smallest absolute Gasteiger partial charge is 0.204 e. The molecule has 1 heterocycles. The normalized spacial score (nSPS) is 11.0. The number of hydrogen-bond donors (Lipinski definition) is 2. The molecular weight excluding hydrogens is 254 g/mol. The first-order valence-electron chi connectivity index (χ1n) is 5.12. The molecule has 0 amide bonds. The molecule has 92 valence electrons. The van der Waals surface area contributed by atoms with Crippen LogP contribution in [0.4, 0.5) is 0 Å². The zero-order chi connectivity index (χ0) is 12.5. The highest BCUT2D eigenvalue weighted by atomic mass is 32.2. The predicted molar refractivity (Wildman–Crippen MR) is 73.1 cm³/mol. The lowest BCUT2D eigenvalue weighted by molar-refractivity contribution is 1.01. The minimum Gasteiger partial charge on any atom is -0.359 e. The highest BCUT2D eigenvalue weighted by Gasteiger charge is 2.00. The zero-order valence-corrected chi connectivity index (χ0v) is 11.5. The Morgan fingerprint density at radius 1 is 1.71 bits per heavy atom. The van der Waals surface area contributed by atoms with Gasteiger partial charge in [-0.15, -0.1) is 11.3 Å². The monoisotopic (exact) mass is 269 g/mol. The third-order valence-electron chi connectivity index (χ3n) is 1.99. The Morgan fingerprint density at radius 3 is 3.12 bits per heavy atom. The number of nitrogens with one attached hydrogen (secondary N) is 2. The standard InChI is InChI=1S/C10H15N5S2/c1-8-9(17-7-15-8)5-16-4-3-13-10(12-2)14-6-11/h7H,3-5H2,1-2H3,(H2,12,13,14). The van der Waals surface area contributed by atoms with Gasteiger partial charge in [-0.05, 0) is 6.92 Å². The maximum absolute atomic E-state index is 8.43. The van der Waals surface area contributed by atoms with Crippen LogP contribution in [0.5, 0.6) is 0 Å². The van der Waals surface area contributed by atoms with Crippen molar-refractivity contribution in [1.29, 1.82) is 5.26 Å². The van der Waals surface area contributed by atoms with Crippen LogP contribution in [0.15, 0.2) is 10.5 Å². The van der Waals surface area contributed by atoms with E-state index in [1.165, 1.54) is 4.88 Å². The van der Waals surface area contributed by atoms with Crippen LogP contribution >= 0.6 is 23.1 Å². The molecule has 0 aliphatic heterocycles. The Balaban J connectivity index is 2.20. The first-order chi connectivity index (χ1) is 8.27. The molecule has 0 aliphatic rings. The molecule has 0 aliphatic carbocycles. The number of aliphatic imine (C=N–C) groups is 1. The van der Waals surface area contributed by atoms with E-state index in [1.54, 1.807) is 18.4 Å². The third kappa shape index (κ3) is 5.06. The van der Waals surface area contributed by atoms with Gasteiger partial charge in [-0.1, -0.05) is 0 Å². The Labute approximate surface area is 109 Å². The summed E-state index contributed by atoms with van der Waals surface area (Å²) >= 11 is 3.51. The SMILES string of the molecule is CN/C(=N/CCSCc1scnc1C)NC#N. The second kappa shape index (κ2) is 7.92. The van der Waals surface area contributed by atoms with Crippen molar-refractivity contribution < 1.29 is 0 Å². The average Bonchev–Trinajstić information content (AvgIpc) is 2.73. The Kier molecular flexibility index (Phi) is 6.43. The van der Waals surface area contributed by atoms with Crippen molar-refractivity contribution in [2.45, 2.75) is 12.7 Å². The maximum Gasteiger partial charge on any atom is 0.204 e. The first kappa shape index (κ1) is 13.8. The van der Waals surface area contributed by atoms with Crippen LogP contribution < -0.4 is 10.6 Å². The summed E-state index contributed by atoms with van der Waals surface area (Å²) in [6.45, 7) is 2.72. The van der Waals surface area contributed by atoms with Gasteiger partial charge < -0.3 is 5.32 Å². The van der Waals surface area contributed by atoms with Crippen LogP contribution in [0.3, 0.4) is 0 Å². The maximum atomic E-state index is 8.43. The van der Waals surface area contributed by atoms with E-state index in [9.17, 15) is 0 Å². The molecule has 1 aromatic rings. The third-order valence-corrected chi connectivity index (χ3v) is 4.08. The first-order valence-corrected chi connectivity index (χ1v) is 7.15. The lowest BCUT2D eigenvalue weighted by Crippen LogP contribution is -2.31. The molecule has 0 saturated carbocycles. The van der Waals surface area contributed by atoms with Crippen LogP contribution in [0.1, 0.15) is 10.6 Å². The lowest BCUT2D eigenvalue weighted by Gasteiger charge is -2.02. The van der Waals surface area contributed by atoms with E-state index in [-0.39, 0.29) is 0 Å². The molecule has 2 N–H and O–H groups in total. The van der Waals surface area contributed by atoms with Gasteiger partial charge in [-0.2, -0.15) is 17.0 Å². The molecule has 0 atom stereocenters. The van der Waals surface area contributed by atoms with Crippen molar-refractivity contribution in [2.75, 3.05) is 19.3 Å². The van der Waals surface area contributed by atoms with E-state index in [2.05, 4.69) is 20.6 Å². The zero-order valence-electron chi connectivity index (χ0n) is 9.86. The molecule has 1 aromatic heterocycles. The summed E-state index contributed by atoms with van der Waals surface area (Å²) in [5.41, 5.74) is 2.99. The molecule has 0 radical (unpaired) electrons. The topological polar surface area (TPSA) is 73.1 Å². The van der Waals surface area contributed by atoms with Crippen molar-refractivity contribution in [2.24, 2.45) is 4.99 Å². The number of aryl methyl sites for hydroxylation is 1. The quantitative estimate of drug-likeness (QED) is 0.277. The van der Waals surface area contributed by atoms with Crippen molar-refractivity contribution >= 4 is 29.1 Å². The van der Waals surface area contributed by atoms with Gasteiger partial charge in [0.1, 0.15) is 0 Å². The van der Waals surface area contributed by atoms with Crippen LogP contribution in [-0.4, -0.2) is 30.3 Å². The Morgan fingerprint density at radius 2 is 2.53 bits per heavy atom. The van der Waals surface area contributed by atoms with Crippen molar-refractivity contribution in [1.82, 2.24) is 15.6 Å². The Hall–Kier alpha value is -1.26. The minimum absolute atomic E-state index is 0.516. The number of hydrogen-bond acceptors (Lipinski definition) is 5. The van der Waals surface area contributed by atoms with Gasteiger partial charge in [0, 0.05) is 23.4 Å². The molecule has 0 aromatic carbocycles. The molecule has 0 unspecified atom stereocenters. The van der Waals surface area contributed by atoms with Gasteiger partial charge in [0.25, 0.3) is 0 Å². The summed E-state index contributed by atoms with van der Waals surface area (Å²) in [4.78, 5) is 9.74.